The lowest BCUT2D eigenvalue weighted by Crippen LogP contribution is -2.35. The number of hydrogen-bond acceptors (Lipinski definition) is 4. The van der Waals surface area contributed by atoms with Gasteiger partial charge in [0.25, 0.3) is 5.91 Å². The third-order valence-corrected chi connectivity index (χ3v) is 4.40. The second kappa shape index (κ2) is 7.65. The maximum absolute atomic E-state index is 12.0. The van der Waals surface area contributed by atoms with Crippen molar-refractivity contribution >= 4 is 27.5 Å². The molecular formula is C16H17ClN2O4S. The zero-order valence-corrected chi connectivity index (χ0v) is 14.5. The van der Waals surface area contributed by atoms with Gasteiger partial charge in [0.05, 0.1) is 4.90 Å². The number of nitrogens with one attached hydrogen (secondary N) is 1. The summed E-state index contributed by atoms with van der Waals surface area (Å²) in [6, 6.07) is 12.7. The molecule has 3 N–H and O–H groups in total. The topological polar surface area (TPSA) is 98.5 Å². The summed E-state index contributed by atoms with van der Waals surface area (Å²) in [6.07, 6.45) is -0.685. The molecule has 0 heterocycles. The molecule has 8 heteroatoms. The van der Waals surface area contributed by atoms with Gasteiger partial charge >= 0.3 is 0 Å². The fourth-order valence-corrected chi connectivity index (χ4v) is 2.54. The molecule has 0 saturated heterocycles. The summed E-state index contributed by atoms with van der Waals surface area (Å²) in [5.74, 6) is 0.250. The summed E-state index contributed by atoms with van der Waals surface area (Å²) >= 11 is 5.79. The Kier molecular flexibility index (Phi) is 5.82. The molecule has 128 valence electrons. The van der Waals surface area contributed by atoms with Crippen molar-refractivity contribution in [3.05, 3.63) is 59.1 Å². The van der Waals surface area contributed by atoms with E-state index in [1.54, 1.807) is 43.3 Å². The first-order valence-corrected chi connectivity index (χ1v) is 9.00. The number of benzene rings is 2. The van der Waals surface area contributed by atoms with Gasteiger partial charge in [-0.3, -0.25) is 4.79 Å². The molecule has 0 bridgehead atoms. The summed E-state index contributed by atoms with van der Waals surface area (Å²) in [4.78, 5) is 12.1. The monoisotopic (exact) mass is 368 g/mol. The standard InChI is InChI=1S/C16H17ClN2O4S/c1-11(23-14-6-4-13(17)5-7-14)16(20)19-10-12-2-8-15(9-3-12)24(18,21)22/h2-9,11H,10H2,1H3,(H,19,20)(H2,18,21,22). The van der Waals surface area contributed by atoms with Crippen LogP contribution in [-0.2, 0) is 21.4 Å². The number of amides is 1. The van der Waals surface area contributed by atoms with E-state index in [1.165, 1.54) is 12.1 Å². The Morgan fingerprint density at radius 1 is 1.17 bits per heavy atom. The van der Waals surface area contributed by atoms with Gasteiger partial charge in [-0.1, -0.05) is 23.7 Å². The Morgan fingerprint density at radius 3 is 2.29 bits per heavy atom. The van der Waals surface area contributed by atoms with E-state index in [0.29, 0.717) is 10.8 Å². The fourth-order valence-electron chi connectivity index (χ4n) is 1.90. The first kappa shape index (κ1) is 18.3. The Hall–Kier alpha value is -2.09. The van der Waals surface area contributed by atoms with E-state index in [2.05, 4.69) is 5.32 Å². The second-order valence-corrected chi connectivity index (χ2v) is 7.12. The zero-order chi connectivity index (χ0) is 17.7. The summed E-state index contributed by atoms with van der Waals surface area (Å²) in [5, 5.41) is 8.33. The van der Waals surface area contributed by atoms with Crippen LogP contribution in [0.1, 0.15) is 12.5 Å². The molecule has 1 atom stereocenters. The molecule has 0 aliphatic rings. The molecule has 0 radical (unpaired) electrons. The van der Waals surface area contributed by atoms with Crippen LogP contribution in [0, 0.1) is 0 Å². The summed E-state index contributed by atoms with van der Waals surface area (Å²) in [6.45, 7) is 1.88. The second-order valence-electron chi connectivity index (χ2n) is 5.12. The molecule has 1 amide bonds. The minimum absolute atomic E-state index is 0.0250. The van der Waals surface area contributed by atoms with Crippen LogP contribution < -0.4 is 15.2 Å². The minimum Gasteiger partial charge on any atom is -0.481 e. The average molecular weight is 369 g/mol. The van der Waals surface area contributed by atoms with E-state index < -0.39 is 16.1 Å². The van der Waals surface area contributed by atoms with Crippen LogP contribution in [0.25, 0.3) is 0 Å². The minimum atomic E-state index is -3.72. The van der Waals surface area contributed by atoms with Crippen LogP contribution in [0.5, 0.6) is 5.75 Å². The fraction of sp³-hybridized carbons (Fsp3) is 0.188. The first-order valence-electron chi connectivity index (χ1n) is 7.07. The largest absolute Gasteiger partial charge is 0.481 e. The van der Waals surface area contributed by atoms with Gasteiger partial charge in [-0.25, -0.2) is 13.6 Å². The maximum atomic E-state index is 12.0. The van der Waals surface area contributed by atoms with Gasteiger partial charge in [0.2, 0.25) is 10.0 Å². The molecule has 2 rings (SSSR count). The van der Waals surface area contributed by atoms with Crippen LogP contribution in [0.2, 0.25) is 5.02 Å². The first-order chi connectivity index (χ1) is 11.3. The van der Waals surface area contributed by atoms with E-state index in [0.717, 1.165) is 5.56 Å². The predicted molar refractivity (Wildman–Crippen MR) is 91.2 cm³/mol. The lowest BCUT2D eigenvalue weighted by atomic mass is 10.2. The molecule has 0 fully saturated rings. The highest BCUT2D eigenvalue weighted by Gasteiger charge is 2.14. The van der Waals surface area contributed by atoms with Gasteiger partial charge in [0.15, 0.2) is 6.10 Å². The number of carbonyl (C=O) groups excluding carboxylic acids is 1. The molecule has 6 nitrogen and oxygen atoms in total. The van der Waals surface area contributed by atoms with E-state index >= 15 is 0 Å². The molecule has 0 aromatic heterocycles. The summed E-state index contributed by atoms with van der Waals surface area (Å²) in [5.41, 5.74) is 0.745. The van der Waals surface area contributed by atoms with Gasteiger partial charge in [-0.15, -0.1) is 0 Å². The third-order valence-electron chi connectivity index (χ3n) is 3.21. The molecule has 0 aliphatic heterocycles. The predicted octanol–water partition coefficient (Wildman–Crippen LogP) is 2.07. The molecular weight excluding hydrogens is 352 g/mol. The molecule has 0 saturated carbocycles. The van der Waals surface area contributed by atoms with Crippen molar-refractivity contribution in [2.24, 2.45) is 5.14 Å². The number of hydrogen-bond donors (Lipinski definition) is 2. The highest BCUT2D eigenvalue weighted by molar-refractivity contribution is 7.89. The number of nitrogens with two attached hydrogens (primary N) is 1. The van der Waals surface area contributed by atoms with E-state index in [4.69, 9.17) is 21.5 Å². The summed E-state index contributed by atoms with van der Waals surface area (Å²) in [7, 11) is -3.72. The molecule has 0 spiro atoms. The number of sulfonamides is 1. The quantitative estimate of drug-likeness (QED) is 0.815. The molecule has 24 heavy (non-hydrogen) atoms. The Morgan fingerprint density at radius 2 is 1.75 bits per heavy atom. The lowest BCUT2D eigenvalue weighted by Gasteiger charge is -2.15. The van der Waals surface area contributed by atoms with Gasteiger partial charge in [0, 0.05) is 11.6 Å². The van der Waals surface area contributed by atoms with Gasteiger partial charge < -0.3 is 10.1 Å². The SMILES string of the molecule is CC(Oc1ccc(Cl)cc1)C(=O)NCc1ccc(S(N)(=O)=O)cc1. The van der Waals surface area contributed by atoms with Crippen LogP contribution >= 0.6 is 11.6 Å². The lowest BCUT2D eigenvalue weighted by molar-refractivity contribution is -0.127. The maximum Gasteiger partial charge on any atom is 0.261 e. The normalized spacial score (nSPS) is 12.5. The van der Waals surface area contributed by atoms with Crippen molar-refractivity contribution < 1.29 is 17.9 Å². The Balaban J connectivity index is 1.89. The summed E-state index contributed by atoms with van der Waals surface area (Å²) < 4.78 is 27.9. The average Bonchev–Trinajstić information content (AvgIpc) is 2.54. The van der Waals surface area contributed by atoms with E-state index in [1.807, 2.05) is 0 Å². The number of ether oxygens (including phenoxy) is 1. The Labute approximate surface area is 145 Å². The van der Waals surface area contributed by atoms with Gasteiger partial charge in [-0.05, 0) is 48.9 Å². The molecule has 2 aromatic rings. The van der Waals surface area contributed by atoms with Crippen molar-refractivity contribution in [3.63, 3.8) is 0 Å². The van der Waals surface area contributed by atoms with Crippen molar-refractivity contribution in [2.75, 3.05) is 0 Å². The number of rotatable bonds is 6. The van der Waals surface area contributed by atoms with Crippen LogP contribution in [0.3, 0.4) is 0 Å². The van der Waals surface area contributed by atoms with Crippen molar-refractivity contribution in [1.29, 1.82) is 0 Å². The van der Waals surface area contributed by atoms with Crippen molar-refractivity contribution in [1.82, 2.24) is 5.32 Å². The van der Waals surface area contributed by atoms with Crippen molar-refractivity contribution in [2.45, 2.75) is 24.5 Å². The molecule has 2 aromatic carbocycles. The van der Waals surface area contributed by atoms with Crippen LogP contribution in [0.15, 0.2) is 53.4 Å². The van der Waals surface area contributed by atoms with Gasteiger partial charge in [-0.2, -0.15) is 0 Å². The van der Waals surface area contributed by atoms with E-state index in [9.17, 15) is 13.2 Å². The molecule has 1 unspecified atom stereocenters. The highest BCUT2D eigenvalue weighted by Crippen LogP contribution is 2.17. The molecule has 0 aliphatic carbocycles. The Bertz CT molecular complexity index is 805. The number of primary sulfonamides is 1. The van der Waals surface area contributed by atoms with Crippen molar-refractivity contribution in [3.8, 4) is 5.75 Å². The number of halogens is 1. The van der Waals surface area contributed by atoms with Crippen LogP contribution in [-0.4, -0.2) is 20.4 Å². The van der Waals surface area contributed by atoms with Crippen LogP contribution in [0.4, 0.5) is 0 Å². The van der Waals surface area contributed by atoms with Gasteiger partial charge in [0.1, 0.15) is 5.75 Å². The third kappa shape index (κ3) is 5.23. The highest BCUT2D eigenvalue weighted by atomic mass is 35.5. The zero-order valence-electron chi connectivity index (χ0n) is 12.9. The number of carbonyl (C=O) groups is 1. The smallest absolute Gasteiger partial charge is 0.261 e. The van der Waals surface area contributed by atoms with E-state index in [-0.39, 0.29) is 17.3 Å².